The van der Waals surface area contributed by atoms with E-state index in [1.807, 2.05) is 4.90 Å². The Morgan fingerprint density at radius 1 is 1.33 bits per heavy atom. The van der Waals surface area contributed by atoms with Crippen molar-refractivity contribution in [3.8, 4) is 11.3 Å². The number of piperidine rings is 1. The summed E-state index contributed by atoms with van der Waals surface area (Å²) in [4.78, 5) is 14.6. The van der Waals surface area contributed by atoms with Crippen LogP contribution in [0.2, 0.25) is 0 Å². The zero-order valence-electron chi connectivity index (χ0n) is 11.3. The number of amides is 1. The van der Waals surface area contributed by atoms with Gasteiger partial charge in [0.1, 0.15) is 5.69 Å². The zero-order valence-corrected chi connectivity index (χ0v) is 14.5. The van der Waals surface area contributed by atoms with E-state index < -0.39 is 0 Å². The van der Waals surface area contributed by atoms with E-state index in [0.29, 0.717) is 5.69 Å². The third kappa shape index (κ3) is 2.35. The average molecular weight is 384 g/mol. The number of thiophene rings is 1. The minimum atomic E-state index is 0.113. The van der Waals surface area contributed by atoms with Crippen LogP contribution in [0.25, 0.3) is 11.3 Å². The molecule has 2 aromatic heterocycles. The lowest BCUT2D eigenvalue weighted by molar-refractivity contribution is 0.0717. The Kier molecular flexibility index (Phi) is 3.59. The summed E-state index contributed by atoms with van der Waals surface area (Å²) in [7, 11) is 0. The molecule has 4 heterocycles. The summed E-state index contributed by atoms with van der Waals surface area (Å²) >= 11 is 7.06. The number of H-pyrrole nitrogens is 1. The lowest BCUT2D eigenvalue weighted by atomic mass is 10.1. The molecule has 0 saturated carbocycles. The van der Waals surface area contributed by atoms with Gasteiger partial charge in [0, 0.05) is 30.0 Å². The monoisotopic (exact) mass is 383 g/mol. The van der Waals surface area contributed by atoms with Crippen LogP contribution in [0.3, 0.4) is 0 Å². The first kappa shape index (κ1) is 13.8. The normalized spacial score (nSPS) is 17.5. The number of carbonyl (C=O) groups is 1. The van der Waals surface area contributed by atoms with E-state index in [4.69, 9.17) is 0 Å². The molecule has 1 amide bonds. The van der Waals surface area contributed by atoms with Crippen molar-refractivity contribution in [2.75, 3.05) is 13.1 Å². The highest BCUT2D eigenvalue weighted by molar-refractivity contribution is 9.11. The molecule has 4 rings (SSSR count). The van der Waals surface area contributed by atoms with Gasteiger partial charge in [-0.1, -0.05) is 0 Å². The van der Waals surface area contributed by atoms with Crippen molar-refractivity contribution in [1.29, 1.82) is 0 Å². The molecule has 2 aromatic rings. The number of aromatic nitrogens is 2. The van der Waals surface area contributed by atoms with E-state index in [9.17, 15) is 4.79 Å². The van der Waals surface area contributed by atoms with Gasteiger partial charge in [0.15, 0.2) is 0 Å². The van der Waals surface area contributed by atoms with Crippen molar-refractivity contribution in [2.45, 2.75) is 29.2 Å². The third-order valence-electron chi connectivity index (χ3n) is 3.99. The van der Waals surface area contributed by atoms with Crippen LogP contribution in [0.4, 0.5) is 0 Å². The van der Waals surface area contributed by atoms with Gasteiger partial charge in [-0.05, 0) is 41.3 Å². The Morgan fingerprint density at radius 3 is 2.95 bits per heavy atom. The molecular weight excluding hydrogens is 370 g/mol. The minimum Gasteiger partial charge on any atom is -0.337 e. The second-order valence-electron chi connectivity index (χ2n) is 5.32. The number of thioether (sulfide) groups is 1. The van der Waals surface area contributed by atoms with Gasteiger partial charge >= 0.3 is 0 Å². The van der Waals surface area contributed by atoms with Crippen LogP contribution in [-0.4, -0.2) is 34.1 Å². The average Bonchev–Trinajstić information content (AvgIpc) is 3.09. The molecule has 0 radical (unpaired) electrons. The van der Waals surface area contributed by atoms with Gasteiger partial charge in [-0.2, -0.15) is 5.10 Å². The second-order valence-corrected chi connectivity index (χ2v) is 8.99. The number of rotatable bonds is 1. The number of hydrogen-bond donors (Lipinski definition) is 1. The highest BCUT2D eigenvalue weighted by atomic mass is 79.9. The molecule has 0 aliphatic carbocycles. The van der Waals surface area contributed by atoms with Crippen LogP contribution < -0.4 is 0 Å². The van der Waals surface area contributed by atoms with Gasteiger partial charge in [0.05, 0.1) is 13.7 Å². The fourth-order valence-corrected chi connectivity index (χ4v) is 6.12. The van der Waals surface area contributed by atoms with Crippen LogP contribution in [0.5, 0.6) is 0 Å². The maximum Gasteiger partial charge on any atom is 0.272 e. The van der Waals surface area contributed by atoms with E-state index in [1.54, 1.807) is 23.1 Å². The molecule has 0 spiro atoms. The number of hydrogen-bond acceptors (Lipinski definition) is 4. The van der Waals surface area contributed by atoms with Crippen LogP contribution in [0.1, 0.15) is 35.3 Å². The molecule has 110 valence electrons. The highest BCUT2D eigenvalue weighted by Gasteiger charge is 2.29. The molecule has 0 atom stereocenters. The highest BCUT2D eigenvalue weighted by Crippen LogP contribution is 2.47. The number of carbonyl (C=O) groups excluding carboxylic acids is 1. The third-order valence-corrected chi connectivity index (χ3v) is 6.95. The number of likely N-dealkylation sites (tertiary alicyclic amines) is 1. The Morgan fingerprint density at radius 2 is 2.14 bits per heavy atom. The smallest absolute Gasteiger partial charge is 0.272 e. The Balaban J connectivity index is 1.70. The van der Waals surface area contributed by atoms with Crippen molar-refractivity contribution in [2.24, 2.45) is 0 Å². The molecule has 7 heteroatoms. The molecule has 0 unspecified atom stereocenters. The Labute approximate surface area is 139 Å². The van der Waals surface area contributed by atoms with Crippen molar-refractivity contribution in [1.82, 2.24) is 15.1 Å². The molecule has 1 N–H and O–H groups in total. The lowest BCUT2D eigenvalue weighted by Gasteiger charge is -2.26. The molecule has 1 saturated heterocycles. The molecule has 2 aliphatic rings. The van der Waals surface area contributed by atoms with E-state index in [0.717, 1.165) is 52.3 Å². The van der Waals surface area contributed by atoms with Crippen molar-refractivity contribution in [3.05, 3.63) is 21.1 Å². The number of halogens is 1. The second kappa shape index (κ2) is 5.44. The summed E-state index contributed by atoms with van der Waals surface area (Å²) in [5, 5.41) is 7.43. The lowest BCUT2D eigenvalue weighted by Crippen LogP contribution is -2.36. The van der Waals surface area contributed by atoms with Crippen molar-refractivity contribution < 1.29 is 4.79 Å². The van der Waals surface area contributed by atoms with E-state index in [1.165, 1.54) is 10.6 Å². The fourth-order valence-electron chi connectivity index (χ4n) is 2.92. The number of aromatic amines is 1. The molecule has 21 heavy (non-hydrogen) atoms. The van der Waals surface area contributed by atoms with Gasteiger partial charge in [0.2, 0.25) is 0 Å². The molecule has 4 nitrogen and oxygen atoms in total. The van der Waals surface area contributed by atoms with E-state index in [2.05, 4.69) is 32.2 Å². The summed E-state index contributed by atoms with van der Waals surface area (Å²) in [5.41, 5.74) is 3.85. The van der Waals surface area contributed by atoms with Crippen molar-refractivity contribution >= 4 is 44.9 Å². The molecule has 1 fully saturated rings. The maximum absolute atomic E-state index is 12.7. The van der Waals surface area contributed by atoms with Crippen LogP contribution in [0, 0.1) is 0 Å². The van der Waals surface area contributed by atoms with E-state index in [-0.39, 0.29) is 5.91 Å². The quantitative estimate of drug-likeness (QED) is 0.804. The predicted molar refractivity (Wildman–Crippen MR) is 88.9 cm³/mol. The largest absolute Gasteiger partial charge is 0.337 e. The number of nitrogens with zero attached hydrogens (tertiary/aromatic N) is 2. The zero-order chi connectivity index (χ0) is 14.4. The van der Waals surface area contributed by atoms with Gasteiger partial charge < -0.3 is 4.90 Å². The summed E-state index contributed by atoms with van der Waals surface area (Å²) < 4.78 is 2.39. The first-order valence-electron chi connectivity index (χ1n) is 7.03. The van der Waals surface area contributed by atoms with Crippen LogP contribution >= 0.6 is 39.0 Å². The summed E-state index contributed by atoms with van der Waals surface area (Å²) in [6, 6.07) is 2.10. The minimum absolute atomic E-state index is 0.113. The van der Waals surface area contributed by atoms with Crippen LogP contribution in [0.15, 0.2) is 14.1 Å². The first-order chi connectivity index (χ1) is 10.2. The summed E-state index contributed by atoms with van der Waals surface area (Å²) in [6.07, 6.45) is 3.45. The summed E-state index contributed by atoms with van der Waals surface area (Å²) in [5.74, 6) is 0.933. The summed E-state index contributed by atoms with van der Waals surface area (Å²) in [6.45, 7) is 1.74. The van der Waals surface area contributed by atoms with Gasteiger partial charge in [-0.25, -0.2) is 0 Å². The maximum atomic E-state index is 12.7. The standard InChI is InChI=1S/C14H14BrN3OS2/c15-10-6-8-11-9(7-20-14(8)21-10)12(17-16-11)13(19)18-4-2-1-3-5-18/h6H,1-5,7H2,(H,16,17). The first-order valence-corrected chi connectivity index (χ1v) is 9.62. The topological polar surface area (TPSA) is 49.0 Å². The molecule has 0 aromatic carbocycles. The van der Waals surface area contributed by atoms with Gasteiger partial charge in [-0.15, -0.1) is 23.1 Å². The van der Waals surface area contributed by atoms with Gasteiger partial charge in [0.25, 0.3) is 5.91 Å². The molecular formula is C14H14BrN3OS2. The number of fused-ring (bicyclic) bond motifs is 3. The Bertz CT molecular complexity index is 703. The Hall–Kier alpha value is -0.790. The SMILES string of the molecule is O=C(c1[nH]nc2c1CSc1sc(Br)cc1-2)N1CCCCC1. The molecule has 2 aliphatic heterocycles. The predicted octanol–water partition coefficient (Wildman–Crippen LogP) is 4.13. The number of nitrogens with one attached hydrogen (secondary N) is 1. The van der Waals surface area contributed by atoms with Crippen molar-refractivity contribution in [3.63, 3.8) is 0 Å². The molecule has 0 bridgehead atoms. The van der Waals surface area contributed by atoms with Gasteiger partial charge in [-0.3, -0.25) is 9.89 Å². The van der Waals surface area contributed by atoms with E-state index >= 15 is 0 Å². The van der Waals surface area contributed by atoms with Crippen LogP contribution in [-0.2, 0) is 5.75 Å². The fraction of sp³-hybridized carbons (Fsp3) is 0.429.